The monoisotopic (exact) mass is 289 g/mol. The third-order valence-corrected chi connectivity index (χ3v) is 4.45. The molecule has 1 aromatic rings. The third-order valence-electron chi connectivity index (χ3n) is 4.45. The van der Waals surface area contributed by atoms with Gasteiger partial charge in [-0.25, -0.2) is 0 Å². The smallest absolute Gasteiger partial charge is 0.254 e. The number of amides is 1. The first kappa shape index (κ1) is 16.0. The molecule has 0 aromatic heterocycles. The zero-order valence-corrected chi connectivity index (χ0v) is 13.4. The van der Waals surface area contributed by atoms with E-state index in [1.165, 1.54) is 0 Å². The lowest BCUT2D eigenvalue weighted by Crippen LogP contribution is -2.44. The van der Waals surface area contributed by atoms with Crippen LogP contribution in [0.4, 0.5) is 0 Å². The molecule has 1 amide bonds. The number of nitrogens with zero attached hydrogens (tertiary/aromatic N) is 2. The highest BCUT2D eigenvalue weighted by Crippen LogP contribution is 2.18. The van der Waals surface area contributed by atoms with Crippen LogP contribution in [0.3, 0.4) is 0 Å². The number of hydrogen-bond acceptors (Lipinski definition) is 3. The molecular weight excluding hydrogens is 262 g/mol. The van der Waals surface area contributed by atoms with Crippen molar-refractivity contribution >= 4 is 5.91 Å². The van der Waals surface area contributed by atoms with E-state index < -0.39 is 0 Å². The van der Waals surface area contributed by atoms with E-state index in [2.05, 4.69) is 23.3 Å². The summed E-state index contributed by atoms with van der Waals surface area (Å²) in [4.78, 5) is 17.1. The van der Waals surface area contributed by atoms with Crippen LogP contribution in [-0.4, -0.2) is 62.5 Å². The van der Waals surface area contributed by atoms with E-state index in [1.807, 2.05) is 37.2 Å². The van der Waals surface area contributed by atoms with Gasteiger partial charge in [0.25, 0.3) is 5.91 Å². The first-order valence-electron chi connectivity index (χ1n) is 7.81. The van der Waals surface area contributed by atoms with Crippen LogP contribution >= 0.6 is 0 Å². The van der Waals surface area contributed by atoms with Gasteiger partial charge in [0, 0.05) is 18.7 Å². The summed E-state index contributed by atoms with van der Waals surface area (Å²) in [6.07, 6.45) is 3.02. The van der Waals surface area contributed by atoms with Crippen molar-refractivity contribution in [3.8, 4) is 0 Å². The molecule has 1 aliphatic rings. The first-order chi connectivity index (χ1) is 10.1. The van der Waals surface area contributed by atoms with Crippen LogP contribution in [0, 0.1) is 0 Å². The SMILES string of the molecule is CNCCc1ccccc1C(=O)N(C)C1CCN(C)CC1. The summed E-state index contributed by atoms with van der Waals surface area (Å²) >= 11 is 0. The van der Waals surface area contributed by atoms with Gasteiger partial charge in [0.1, 0.15) is 0 Å². The average Bonchev–Trinajstić information content (AvgIpc) is 2.52. The number of rotatable bonds is 5. The van der Waals surface area contributed by atoms with E-state index >= 15 is 0 Å². The maximum absolute atomic E-state index is 12.8. The van der Waals surface area contributed by atoms with Gasteiger partial charge in [0.2, 0.25) is 0 Å². The molecule has 1 fully saturated rings. The quantitative estimate of drug-likeness (QED) is 0.894. The fourth-order valence-electron chi connectivity index (χ4n) is 2.94. The Labute approximate surface area is 128 Å². The van der Waals surface area contributed by atoms with Crippen LogP contribution in [0.1, 0.15) is 28.8 Å². The molecule has 21 heavy (non-hydrogen) atoms. The first-order valence-corrected chi connectivity index (χ1v) is 7.81. The molecule has 0 bridgehead atoms. The number of nitrogens with one attached hydrogen (secondary N) is 1. The van der Waals surface area contributed by atoms with Gasteiger partial charge in [-0.3, -0.25) is 4.79 Å². The highest BCUT2D eigenvalue weighted by atomic mass is 16.2. The van der Waals surface area contributed by atoms with Gasteiger partial charge in [0.05, 0.1) is 0 Å². The minimum absolute atomic E-state index is 0.163. The van der Waals surface area contributed by atoms with Gasteiger partial charge in [-0.1, -0.05) is 18.2 Å². The van der Waals surface area contributed by atoms with Gasteiger partial charge >= 0.3 is 0 Å². The van der Waals surface area contributed by atoms with Crippen LogP contribution in [0.25, 0.3) is 0 Å². The third kappa shape index (κ3) is 4.05. The molecule has 0 aliphatic carbocycles. The fourth-order valence-corrected chi connectivity index (χ4v) is 2.94. The van der Waals surface area contributed by atoms with E-state index in [-0.39, 0.29) is 5.91 Å². The molecule has 2 rings (SSSR count). The second-order valence-electron chi connectivity index (χ2n) is 5.96. The Balaban J connectivity index is 2.08. The fraction of sp³-hybridized carbons (Fsp3) is 0.588. The number of benzene rings is 1. The molecule has 1 saturated heterocycles. The molecule has 1 aromatic carbocycles. The number of hydrogen-bond donors (Lipinski definition) is 1. The zero-order chi connectivity index (χ0) is 15.2. The molecule has 116 valence electrons. The summed E-state index contributed by atoms with van der Waals surface area (Å²) < 4.78 is 0. The second-order valence-corrected chi connectivity index (χ2v) is 5.96. The van der Waals surface area contributed by atoms with E-state index in [1.54, 1.807) is 0 Å². The largest absolute Gasteiger partial charge is 0.339 e. The minimum Gasteiger partial charge on any atom is -0.339 e. The summed E-state index contributed by atoms with van der Waals surface area (Å²) in [7, 11) is 6.04. The van der Waals surface area contributed by atoms with Gasteiger partial charge in [-0.15, -0.1) is 0 Å². The minimum atomic E-state index is 0.163. The van der Waals surface area contributed by atoms with Gasteiger partial charge in [0.15, 0.2) is 0 Å². The van der Waals surface area contributed by atoms with Crippen molar-refractivity contribution < 1.29 is 4.79 Å². The van der Waals surface area contributed by atoms with E-state index in [9.17, 15) is 4.79 Å². The number of piperidine rings is 1. The van der Waals surface area contributed by atoms with Gasteiger partial charge < -0.3 is 15.1 Å². The lowest BCUT2D eigenvalue weighted by atomic mass is 10.00. The Bertz CT molecular complexity index is 467. The van der Waals surface area contributed by atoms with Crippen molar-refractivity contribution in [2.75, 3.05) is 40.8 Å². The van der Waals surface area contributed by atoms with Crippen LogP contribution in [-0.2, 0) is 6.42 Å². The zero-order valence-electron chi connectivity index (χ0n) is 13.4. The van der Waals surface area contributed by atoms with Crippen molar-refractivity contribution in [1.82, 2.24) is 15.1 Å². The summed E-state index contributed by atoms with van der Waals surface area (Å²) in [5.41, 5.74) is 1.99. The number of likely N-dealkylation sites (tertiary alicyclic amines) is 1. The second kappa shape index (κ2) is 7.57. The topological polar surface area (TPSA) is 35.6 Å². The van der Waals surface area contributed by atoms with Crippen molar-refractivity contribution in [3.63, 3.8) is 0 Å². The molecule has 1 heterocycles. The van der Waals surface area contributed by atoms with Crippen LogP contribution in [0.2, 0.25) is 0 Å². The van der Waals surface area contributed by atoms with E-state index in [0.717, 1.165) is 50.0 Å². The van der Waals surface area contributed by atoms with Crippen LogP contribution in [0.15, 0.2) is 24.3 Å². The standard InChI is InChI=1S/C17H27N3O/c1-18-11-8-14-6-4-5-7-16(14)17(21)20(3)15-9-12-19(2)13-10-15/h4-7,15,18H,8-13H2,1-3H3. The Morgan fingerprint density at radius 1 is 1.33 bits per heavy atom. The molecule has 4 heteroatoms. The Morgan fingerprint density at radius 3 is 2.67 bits per heavy atom. The molecule has 0 saturated carbocycles. The predicted octanol–water partition coefficient (Wildman–Crippen LogP) is 1.61. The highest BCUT2D eigenvalue weighted by Gasteiger charge is 2.25. The molecular formula is C17H27N3O. The van der Waals surface area contributed by atoms with Gasteiger partial charge in [-0.2, -0.15) is 0 Å². The predicted molar refractivity (Wildman–Crippen MR) is 86.7 cm³/mol. The molecule has 0 atom stereocenters. The lowest BCUT2D eigenvalue weighted by Gasteiger charge is -2.35. The van der Waals surface area contributed by atoms with Crippen molar-refractivity contribution in [3.05, 3.63) is 35.4 Å². The number of carbonyl (C=O) groups excluding carboxylic acids is 1. The van der Waals surface area contributed by atoms with Crippen molar-refractivity contribution in [2.45, 2.75) is 25.3 Å². The summed E-state index contributed by atoms with van der Waals surface area (Å²) in [6, 6.07) is 8.35. The van der Waals surface area contributed by atoms with Crippen LogP contribution < -0.4 is 5.32 Å². The molecule has 0 spiro atoms. The van der Waals surface area contributed by atoms with Crippen molar-refractivity contribution in [1.29, 1.82) is 0 Å². The maximum Gasteiger partial charge on any atom is 0.254 e. The highest BCUT2D eigenvalue weighted by molar-refractivity contribution is 5.95. The Kier molecular flexibility index (Phi) is 5.76. The molecule has 4 nitrogen and oxygen atoms in total. The Morgan fingerprint density at radius 2 is 2.00 bits per heavy atom. The average molecular weight is 289 g/mol. The number of carbonyl (C=O) groups is 1. The molecule has 1 aliphatic heterocycles. The van der Waals surface area contributed by atoms with Crippen molar-refractivity contribution in [2.24, 2.45) is 0 Å². The molecule has 1 N–H and O–H groups in total. The van der Waals surface area contributed by atoms with Crippen LogP contribution in [0.5, 0.6) is 0 Å². The van der Waals surface area contributed by atoms with E-state index in [0.29, 0.717) is 6.04 Å². The van der Waals surface area contributed by atoms with Gasteiger partial charge in [-0.05, 0) is 64.6 Å². The molecule has 0 radical (unpaired) electrons. The lowest BCUT2D eigenvalue weighted by molar-refractivity contribution is 0.0658. The summed E-state index contributed by atoms with van der Waals surface area (Å²) in [5, 5.41) is 3.15. The number of likely N-dealkylation sites (N-methyl/N-ethyl adjacent to an activating group) is 1. The maximum atomic E-state index is 12.8. The van der Waals surface area contributed by atoms with E-state index in [4.69, 9.17) is 0 Å². The normalized spacial score (nSPS) is 16.9. The Hall–Kier alpha value is -1.39. The summed E-state index contributed by atoms with van der Waals surface area (Å²) in [6.45, 7) is 3.04. The summed E-state index contributed by atoms with van der Waals surface area (Å²) in [5.74, 6) is 0.163. The molecule has 0 unspecified atom stereocenters.